The zero-order valence-corrected chi connectivity index (χ0v) is 21.8. The molecule has 0 bridgehead atoms. The summed E-state index contributed by atoms with van der Waals surface area (Å²) in [6.45, 7) is 0.473. The van der Waals surface area contributed by atoms with E-state index in [4.69, 9.17) is 4.74 Å². The highest BCUT2D eigenvalue weighted by atomic mass is 127. The number of hydrogen-bond donors (Lipinski definition) is 1. The van der Waals surface area contributed by atoms with Crippen LogP contribution >= 0.6 is 22.6 Å². The summed E-state index contributed by atoms with van der Waals surface area (Å²) < 4.78 is 20.0. The molecule has 0 fully saturated rings. The van der Waals surface area contributed by atoms with E-state index in [-0.39, 0.29) is 24.0 Å². The summed E-state index contributed by atoms with van der Waals surface area (Å²) in [7, 11) is 3.07. The zero-order chi connectivity index (χ0) is 26.0. The van der Waals surface area contributed by atoms with E-state index in [1.807, 2.05) is 57.8 Å². The molecule has 0 saturated heterocycles. The molecular formula is C28H23FINO5. The van der Waals surface area contributed by atoms with Crippen LogP contribution in [0.3, 0.4) is 0 Å². The summed E-state index contributed by atoms with van der Waals surface area (Å²) in [5.74, 6) is -2.69. The van der Waals surface area contributed by atoms with E-state index >= 15 is 0 Å². The first-order valence-corrected chi connectivity index (χ1v) is 12.2. The van der Waals surface area contributed by atoms with Gasteiger partial charge < -0.3 is 14.7 Å². The number of fused-ring (bicyclic) bond motifs is 1. The molecule has 1 N–H and O–H groups in total. The van der Waals surface area contributed by atoms with E-state index in [0.29, 0.717) is 32.5 Å². The first-order valence-electron chi connectivity index (χ1n) is 11.1. The third-order valence-electron chi connectivity index (χ3n) is 6.08. The summed E-state index contributed by atoms with van der Waals surface area (Å²) in [5, 5.41) is 11.0. The molecule has 0 radical (unpaired) electrons. The van der Waals surface area contributed by atoms with E-state index in [9.17, 15) is 23.9 Å². The van der Waals surface area contributed by atoms with Gasteiger partial charge in [-0.3, -0.25) is 9.59 Å². The van der Waals surface area contributed by atoms with Crippen molar-refractivity contribution in [3.05, 3.63) is 103 Å². The summed E-state index contributed by atoms with van der Waals surface area (Å²) in [4.78, 5) is 39.8. The largest absolute Gasteiger partial charge is 0.506 e. The molecule has 0 unspecified atom stereocenters. The van der Waals surface area contributed by atoms with E-state index < -0.39 is 29.1 Å². The lowest BCUT2D eigenvalue weighted by Crippen LogP contribution is -2.26. The number of ketones is 2. The van der Waals surface area contributed by atoms with Crippen molar-refractivity contribution in [1.29, 1.82) is 0 Å². The van der Waals surface area contributed by atoms with Crippen LogP contribution in [0.2, 0.25) is 0 Å². The molecule has 8 heteroatoms. The van der Waals surface area contributed by atoms with E-state index in [1.165, 1.54) is 19.2 Å². The number of benzene rings is 3. The Morgan fingerprint density at radius 3 is 2.50 bits per heavy atom. The van der Waals surface area contributed by atoms with Gasteiger partial charge in [0.2, 0.25) is 0 Å². The molecule has 0 saturated carbocycles. The van der Waals surface area contributed by atoms with Crippen molar-refractivity contribution < 1.29 is 28.6 Å². The van der Waals surface area contributed by atoms with E-state index in [2.05, 4.69) is 0 Å². The SMILES string of the molecule is COC(=O)c1ccc(CC(=O)C2=C(O)c3cc(F)cc(N(C)Cc4ccccc4)c3CC2=O)c(I)c1. The van der Waals surface area contributed by atoms with Gasteiger partial charge in [-0.05, 0) is 63.5 Å². The molecular weight excluding hydrogens is 576 g/mol. The van der Waals surface area contributed by atoms with E-state index in [0.717, 1.165) is 11.6 Å². The molecule has 0 aromatic heterocycles. The number of carbonyl (C=O) groups excluding carboxylic acids is 3. The summed E-state index contributed by atoms with van der Waals surface area (Å²) in [5.41, 5.74) is 2.70. The van der Waals surface area contributed by atoms with Crippen molar-refractivity contribution in [3.63, 3.8) is 0 Å². The quantitative estimate of drug-likeness (QED) is 0.232. The summed E-state index contributed by atoms with van der Waals surface area (Å²) >= 11 is 2.00. The smallest absolute Gasteiger partial charge is 0.337 e. The number of Topliss-reactive ketones (excluding diaryl/α,β-unsaturated/α-hetero) is 2. The van der Waals surface area contributed by atoms with Crippen LogP contribution in [0, 0.1) is 9.39 Å². The molecule has 0 aliphatic heterocycles. The Morgan fingerprint density at radius 1 is 1.11 bits per heavy atom. The van der Waals surface area contributed by atoms with Crippen molar-refractivity contribution >= 4 is 51.6 Å². The number of allylic oxidation sites excluding steroid dienone is 1. The minimum atomic E-state index is -0.579. The summed E-state index contributed by atoms with van der Waals surface area (Å²) in [6, 6.07) is 16.8. The van der Waals surface area contributed by atoms with Gasteiger partial charge in [-0.1, -0.05) is 36.4 Å². The standard InChI is InChI=1S/C28H23FINO5/c1-31(15-16-6-4-3-5-7-16)23-13-19(29)12-21-20(23)14-25(33)26(27(21)34)24(32)11-17-8-9-18(10-22(17)30)28(35)36-2/h3-10,12-13,34H,11,14-15H2,1-2H3. The van der Waals surface area contributed by atoms with Crippen molar-refractivity contribution in [1.82, 2.24) is 0 Å². The number of aliphatic hydroxyl groups excluding tert-OH is 1. The second-order valence-corrected chi connectivity index (χ2v) is 9.68. The van der Waals surface area contributed by atoms with E-state index in [1.54, 1.807) is 19.2 Å². The Balaban J connectivity index is 1.66. The molecule has 4 rings (SSSR count). The number of ether oxygens (including phenoxy) is 1. The number of carbonyl (C=O) groups is 3. The number of anilines is 1. The molecule has 1 aliphatic carbocycles. The maximum absolute atomic E-state index is 14.6. The molecule has 3 aromatic carbocycles. The molecule has 0 heterocycles. The summed E-state index contributed by atoms with van der Waals surface area (Å²) in [6.07, 6.45) is -0.288. The van der Waals surface area contributed by atoms with Gasteiger partial charge in [-0.15, -0.1) is 0 Å². The van der Waals surface area contributed by atoms with Crippen LogP contribution in [0.4, 0.5) is 10.1 Å². The van der Waals surface area contributed by atoms with Crippen LogP contribution in [0.25, 0.3) is 5.76 Å². The van der Waals surface area contributed by atoms with Crippen molar-refractivity contribution in [3.8, 4) is 0 Å². The van der Waals surface area contributed by atoms with Crippen LogP contribution < -0.4 is 4.90 Å². The molecule has 0 amide bonds. The second kappa shape index (κ2) is 10.6. The first-order chi connectivity index (χ1) is 17.2. The van der Waals surface area contributed by atoms with Crippen LogP contribution in [-0.4, -0.2) is 36.8 Å². The second-order valence-electron chi connectivity index (χ2n) is 8.51. The first kappa shape index (κ1) is 25.6. The lowest BCUT2D eigenvalue weighted by Gasteiger charge is -2.27. The third-order valence-corrected chi connectivity index (χ3v) is 7.08. The number of halogens is 2. The van der Waals surface area contributed by atoms with Gasteiger partial charge in [0.15, 0.2) is 11.6 Å². The number of esters is 1. The average molecular weight is 599 g/mol. The molecule has 0 spiro atoms. The van der Waals surface area contributed by atoms with Gasteiger partial charge in [-0.2, -0.15) is 0 Å². The van der Waals surface area contributed by atoms with Crippen molar-refractivity contribution in [2.75, 3.05) is 19.1 Å². The fourth-order valence-electron chi connectivity index (χ4n) is 4.30. The van der Waals surface area contributed by atoms with Crippen molar-refractivity contribution in [2.24, 2.45) is 0 Å². The molecule has 3 aromatic rings. The van der Waals surface area contributed by atoms with Gasteiger partial charge >= 0.3 is 5.97 Å². The van der Waals surface area contributed by atoms with Crippen LogP contribution in [0.5, 0.6) is 0 Å². The highest BCUT2D eigenvalue weighted by Crippen LogP contribution is 2.36. The maximum atomic E-state index is 14.6. The Hall–Kier alpha value is -3.53. The van der Waals surface area contributed by atoms with Crippen LogP contribution in [0.15, 0.2) is 66.2 Å². The number of nitrogens with zero attached hydrogens (tertiary/aromatic N) is 1. The molecule has 184 valence electrons. The normalized spacial score (nSPS) is 12.8. The molecule has 6 nitrogen and oxygen atoms in total. The predicted molar refractivity (Wildman–Crippen MR) is 142 cm³/mol. The predicted octanol–water partition coefficient (Wildman–Crippen LogP) is 5.06. The number of methoxy groups -OCH3 is 1. The lowest BCUT2D eigenvalue weighted by atomic mass is 9.85. The van der Waals surface area contributed by atoms with Gasteiger partial charge in [0.1, 0.15) is 17.1 Å². The van der Waals surface area contributed by atoms with Gasteiger partial charge in [0, 0.05) is 41.3 Å². The molecule has 1 aliphatic rings. The minimum absolute atomic E-state index is 0.131. The Kier molecular flexibility index (Phi) is 7.53. The zero-order valence-electron chi connectivity index (χ0n) is 19.7. The number of aliphatic hydroxyl groups is 1. The third kappa shape index (κ3) is 5.18. The van der Waals surface area contributed by atoms with Gasteiger partial charge in [-0.25, -0.2) is 9.18 Å². The number of hydrogen-bond acceptors (Lipinski definition) is 6. The minimum Gasteiger partial charge on any atom is -0.506 e. The lowest BCUT2D eigenvalue weighted by molar-refractivity contribution is -0.120. The highest BCUT2D eigenvalue weighted by molar-refractivity contribution is 14.1. The average Bonchev–Trinajstić information content (AvgIpc) is 2.85. The Labute approximate surface area is 221 Å². The molecule has 0 atom stereocenters. The van der Waals surface area contributed by atoms with Gasteiger partial charge in [0.05, 0.1) is 12.7 Å². The maximum Gasteiger partial charge on any atom is 0.337 e. The van der Waals surface area contributed by atoms with Crippen LogP contribution in [-0.2, 0) is 33.7 Å². The fourth-order valence-corrected chi connectivity index (χ4v) is 5.01. The highest BCUT2D eigenvalue weighted by Gasteiger charge is 2.33. The Bertz CT molecular complexity index is 1400. The topological polar surface area (TPSA) is 83.9 Å². The van der Waals surface area contributed by atoms with Gasteiger partial charge in [0.25, 0.3) is 0 Å². The fraction of sp³-hybridized carbons (Fsp3) is 0.179. The number of rotatable bonds is 7. The monoisotopic (exact) mass is 599 g/mol. The van der Waals surface area contributed by atoms with Crippen molar-refractivity contribution in [2.45, 2.75) is 19.4 Å². The Morgan fingerprint density at radius 2 is 1.83 bits per heavy atom. The molecule has 36 heavy (non-hydrogen) atoms. The van der Waals surface area contributed by atoms with Crippen LogP contribution in [0.1, 0.15) is 32.6 Å².